The number of methoxy groups -OCH3 is 1. The van der Waals surface area contributed by atoms with Crippen LogP contribution in [0.25, 0.3) is 0 Å². The monoisotopic (exact) mass is 347 g/mol. The summed E-state index contributed by atoms with van der Waals surface area (Å²) in [4.78, 5) is 23.8. The molecule has 2 aromatic rings. The van der Waals surface area contributed by atoms with E-state index in [1.54, 1.807) is 24.3 Å². The van der Waals surface area contributed by atoms with Crippen molar-refractivity contribution in [2.24, 2.45) is 0 Å². The van der Waals surface area contributed by atoms with Gasteiger partial charge in [-0.15, -0.1) is 0 Å². The number of carbonyl (C=O) groups excluding carboxylic acids is 2. The molecule has 0 fully saturated rings. The summed E-state index contributed by atoms with van der Waals surface area (Å²) in [7, 11) is 1.53. The Morgan fingerprint density at radius 2 is 1.46 bits per heavy atom. The van der Waals surface area contributed by atoms with Crippen LogP contribution in [0.5, 0.6) is 5.75 Å². The zero-order valence-corrected chi connectivity index (χ0v) is 13.4. The first-order valence-electron chi connectivity index (χ1n) is 6.81. The molecule has 0 aliphatic heterocycles. The van der Waals surface area contributed by atoms with Crippen molar-refractivity contribution < 1.29 is 18.7 Å². The van der Waals surface area contributed by atoms with Crippen molar-refractivity contribution in [1.29, 1.82) is 0 Å². The highest BCUT2D eigenvalue weighted by atomic mass is 32.1. The molecule has 0 radical (unpaired) electrons. The molecule has 0 unspecified atom stereocenters. The zero-order chi connectivity index (χ0) is 17.5. The highest BCUT2D eigenvalue weighted by molar-refractivity contribution is 7.80. The summed E-state index contributed by atoms with van der Waals surface area (Å²) >= 11 is 4.91. The Kier molecular flexibility index (Phi) is 5.80. The summed E-state index contributed by atoms with van der Waals surface area (Å²) in [5, 5.41) is 2.27. The van der Waals surface area contributed by atoms with E-state index in [0.29, 0.717) is 11.3 Å². The molecule has 0 saturated carbocycles. The number of halogens is 1. The third-order valence-corrected chi connectivity index (χ3v) is 3.18. The van der Waals surface area contributed by atoms with Crippen molar-refractivity contribution in [2.45, 2.75) is 0 Å². The first-order chi connectivity index (χ1) is 11.5. The molecule has 0 aliphatic carbocycles. The number of hydrogen-bond acceptors (Lipinski definition) is 4. The molecule has 0 saturated heterocycles. The fourth-order valence-corrected chi connectivity index (χ4v) is 1.88. The van der Waals surface area contributed by atoms with Crippen LogP contribution in [0.2, 0.25) is 0 Å². The number of benzene rings is 2. The molecule has 0 heterocycles. The number of ether oxygens (including phenoxy) is 1. The minimum Gasteiger partial charge on any atom is -0.497 e. The molecule has 2 rings (SSSR count). The number of hydrogen-bond donors (Lipinski definition) is 3. The summed E-state index contributed by atoms with van der Waals surface area (Å²) in [5.74, 6) is -0.775. The van der Waals surface area contributed by atoms with Crippen LogP contribution in [0.1, 0.15) is 20.7 Å². The van der Waals surface area contributed by atoms with E-state index in [0.717, 1.165) is 12.1 Å². The number of thiocarbonyl (C=S) groups is 1. The highest BCUT2D eigenvalue weighted by Crippen LogP contribution is 2.10. The van der Waals surface area contributed by atoms with Gasteiger partial charge in [-0.05, 0) is 60.7 Å². The third kappa shape index (κ3) is 4.75. The van der Waals surface area contributed by atoms with E-state index in [9.17, 15) is 14.0 Å². The van der Waals surface area contributed by atoms with Crippen LogP contribution in [0.4, 0.5) is 4.39 Å². The maximum Gasteiger partial charge on any atom is 0.269 e. The molecule has 124 valence electrons. The Morgan fingerprint density at radius 3 is 2.04 bits per heavy atom. The summed E-state index contributed by atoms with van der Waals surface area (Å²) < 4.78 is 17.8. The molecule has 0 spiro atoms. The standard InChI is InChI=1S/C16H14FN3O3S/c1-23-13-8-4-11(5-9-13)15(22)19-20-16(24)18-14(21)10-2-6-12(17)7-3-10/h2-9H,1H3,(H,19,22)(H2,18,20,21,24). The van der Waals surface area contributed by atoms with E-state index in [1.165, 1.54) is 19.2 Å². The lowest BCUT2D eigenvalue weighted by Gasteiger charge is -2.11. The Bertz CT molecular complexity index is 748. The van der Waals surface area contributed by atoms with Crippen LogP contribution in [0.15, 0.2) is 48.5 Å². The Labute approximate surface area is 143 Å². The van der Waals surface area contributed by atoms with Crippen LogP contribution >= 0.6 is 12.2 Å². The molecule has 8 heteroatoms. The van der Waals surface area contributed by atoms with Crippen molar-refractivity contribution in [3.63, 3.8) is 0 Å². The lowest BCUT2D eigenvalue weighted by atomic mass is 10.2. The van der Waals surface area contributed by atoms with Crippen molar-refractivity contribution in [1.82, 2.24) is 16.2 Å². The van der Waals surface area contributed by atoms with E-state index in [-0.39, 0.29) is 10.7 Å². The lowest BCUT2D eigenvalue weighted by molar-refractivity contribution is 0.0934. The summed E-state index contributed by atoms with van der Waals surface area (Å²) in [6.45, 7) is 0. The topological polar surface area (TPSA) is 79.5 Å². The van der Waals surface area contributed by atoms with Gasteiger partial charge in [-0.25, -0.2) is 4.39 Å². The predicted molar refractivity (Wildman–Crippen MR) is 90.1 cm³/mol. The molecular weight excluding hydrogens is 333 g/mol. The SMILES string of the molecule is COc1ccc(C(=O)NNC(=S)NC(=O)c2ccc(F)cc2)cc1. The minimum atomic E-state index is -0.522. The summed E-state index contributed by atoms with van der Waals surface area (Å²) in [5.41, 5.74) is 5.40. The fraction of sp³-hybridized carbons (Fsp3) is 0.0625. The van der Waals surface area contributed by atoms with Gasteiger partial charge in [0.2, 0.25) is 0 Å². The second kappa shape index (κ2) is 8.02. The first-order valence-corrected chi connectivity index (χ1v) is 7.21. The zero-order valence-electron chi connectivity index (χ0n) is 12.6. The molecule has 0 bridgehead atoms. The average Bonchev–Trinajstić information content (AvgIpc) is 2.60. The molecule has 2 aromatic carbocycles. The molecular formula is C16H14FN3O3S. The number of rotatable bonds is 3. The van der Waals surface area contributed by atoms with E-state index < -0.39 is 17.6 Å². The fourth-order valence-electron chi connectivity index (χ4n) is 1.74. The Balaban J connectivity index is 1.84. The second-order valence-electron chi connectivity index (χ2n) is 4.60. The van der Waals surface area contributed by atoms with E-state index in [1.807, 2.05) is 0 Å². The number of nitrogens with one attached hydrogen (secondary N) is 3. The van der Waals surface area contributed by atoms with Crippen molar-refractivity contribution in [3.05, 3.63) is 65.5 Å². The normalized spacial score (nSPS) is 9.75. The third-order valence-electron chi connectivity index (χ3n) is 2.98. The van der Waals surface area contributed by atoms with Gasteiger partial charge in [0, 0.05) is 11.1 Å². The number of hydrazine groups is 1. The summed E-state index contributed by atoms with van der Waals surface area (Å²) in [6, 6.07) is 11.4. The largest absolute Gasteiger partial charge is 0.497 e. The Morgan fingerprint density at radius 1 is 0.917 bits per heavy atom. The van der Waals surface area contributed by atoms with Crippen LogP contribution in [0, 0.1) is 5.82 Å². The van der Waals surface area contributed by atoms with E-state index in [4.69, 9.17) is 17.0 Å². The maximum atomic E-state index is 12.8. The van der Waals surface area contributed by atoms with Gasteiger partial charge >= 0.3 is 0 Å². The molecule has 6 nitrogen and oxygen atoms in total. The molecule has 3 N–H and O–H groups in total. The van der Waals surface area contributed by atoms with E-state index >= 15 is 0 Å². The van der Waals surface area contributed by atoms with Crippen LogP contribution in [-0.4, -0.2) is 24.0 Å². The van der Waals surface area contributed by atoms with Gasteiger partial charge in [-0.2, -0.15) is 0 Å². The van der Waals surface area contributed by atoms with Gasteiger partial charge in [-0.1, -0.05) is 0 Å². The molecule has 0 atom stereocenters. The Hall–Kier alpha value is -3.00. The van der Waals surface area contributed by atoms with Crippen molar-refractivity contribution in [3.8, 4) is 5.75 Å². The van der Waals surface area contributed by atoms with Gasteiger partial charge in [-0.3, -0.25) is 25.8 Å². The van der Waals surface area contributed by atoms with Crippen LogP contribution in [0.3, 0.4) is 0 Å². The van der Waals surface area contributed by atoms with Crippen molar-refractivity contribution in [2.75, 3.05) is 7.11 Å². The molecule has 0 aliphatic rings. The van der Waals surface area contributed by atoms with Crippen molar-refractivity contribution >= 4 is 29.1 Å². The number of amides is 2. The molecule has 24 heavy (non-hydrogen) atoms. The second-order valence-corrected chi connectivity index (χ2v) is 5.01. The maximum absolute atomic E-state index is 12.8. The van der Waals surface area contributed by atoms with E-state index in [2.05, 4.69) is 16.2 Å². The molecule has 0 aromatic heterocycles. The van der Waals surface area contributed by atoms with Gasteiger partial charge < -0.3 is 4.74 Å². The smallest absolute Gasteiger partial charge is 0.269 e. The van der Waals surface area contributed by atoms with Gasteiger partial charge in [0.1, 0.15) is 11.6 Å². The lowest BCUT2D eigenvalue weighted by Crippen LogP contribution is -2.48. The quantitative estimate of drug-likeness (QED) is 0.583. The molecule has 2 amide bonds. The first kappa shape index (κ1) is 17.4. The van der Waals surface area contributed by atoms with Crippen LogP contribution in [-0.2, 0) is 0 Å². The van der Waals surface area contributed by atoms with Gasteiger partial charge in [0.15, 0.2) is 5.11 Å². The summed E-state index contributed by atoms with van der Waals surface area (Å²) in [6.07, 6.45) is 0. The predicted octanol–water partition coefficient (Wildman–Crippen LogP) is 1.78. The minimum absolute atomic E-state index is 0.0915. The average molecular weight is 347 g/mol. The van der Waals surface area contributed by atoms with Gasteiger partial charge in [0.25, 0.3) is 11.8 Å². The van der Waals surface area contributed by atoms with Crippen LogP contribution < -0.4 is 20.9 Å². The van der Waals surface area contributed by atoms with Gasteiger partial charge in [0.05, 0.1) is 7.11 Å². The highest BCUT2D eigenvalue weighted by Gasteiger charge is 2.09. The number of carbonyl (C=O) groups is 2.